The van der Waals surface area contributed by atoms with Crippen molar-refractivity contribution in [2.75, 3.05) is 13.2 Å². The molecule has 0 bridgehead atoms. The Kier molecular flexibility index (Phi) is 13.3. The number of carbonyl (C=O) groups excluding carboxylic acids is 2. The third-order valence-electron chi connectivity index (χ3n) is 2.30. The maximum Gasteiger partial charge on any atom is 0.305 e. The van der Waals surface area contributed by atoms with Gasteiger partial charge in [-0.1, -0.05) is 0 Å². The summed E-state index contributed by atoms with van der Waals surface area (Å²) in [5.74, 6) is -0.590. The van der Waals surface area contributed by atoms with Crippen molar-refractivity contribution in [2.24, 2.45) is 0 Å². The van der Waals surface area contributed by atoms with Gasteiger partial charge in [0.25, 0.3) is 0 Å². The quantitative estimate of drug-likeness (QED) is 0.199. The Morgan fingerprint density at radius 3 is 1.40 bits per heavy atom. The van der Waals surface area contributed by atoms with E-state index >= 15 is 0 Å². The zero-order chi connectivity index (χ0) is 15.4. The Morgan fingerprint density at radius 1 is 0.750 bits per heavy atom. The monoisotopic (exact) mass is 358 g/mol. The molecule has 0 radical (unpaired) electrons. The fourth-order valence-corrected chi connectivity index (χ4v) is 2.04. The van der Waals surface area contributed by atoms with Crippen molar-refractivity contribution >= 4 is 62.5 Å². The first-order valence-corrected chi connectivity index (χ1v) is 8.52. The van der Waals surface area contributed by atoms with Gasteiger partial charge in [0.05, 0.1) is 0 Å². The van der Waals surface area contributed by atoms with E-state index in [1.807, 2.05) is 0 Å². The average Bonchev–Trinajstić information content (AvgIpc) is 2.33. The Bertz CT molecular complexity index is 257. The number of thiol groups is 4. The Hall–Kier alpha value is 0.340. The summed E-state index contributed by atoms with van der Waals surface area (Å²) in [7, 11) is 0. The SMILES string of the molecule is O=C(CCCC(S)S)OCCOC(=O)CCCC(S)S. The summed E-state index contributed by atoms with van der Waals surface area (Å²) in [6, 6.07) is 0. The first kappa shape index (κ1) is 20.3. The van der Waals surface area contributed by atoms with Crippen molar-refractivity contribution in [1.29, 1.82) is 0 Å². The molecule has 0 heterocycles. The molecule has 0 aromatic heterocycles. The molecule has 0 N–H and O–H groups in total. The van der Waals surface area contributed by atoms with E-state index in [9.17, 15) is 9.59 Å². The molecule has 8 heteroatoms. The van der Waals surface area contributed by atoms with Crippen LogP contribution in [0.3, 0.4) is 0 Å². The summed E-state index contributed by atoms with van der Waals surface area (Å²) in [5.41, 5.74) is 0. The molecule has 0 aliphatic heterocycles. The van der Waals surface area contributed by atoms with Gasteiger partial charge in [0.15, 0.2) is 0 Å². The van der Waals surface area contributed by atoms with E-state index in [1.54, 1.807) is 0 Å². The number of rotatable bonds is 11. The van der Waals surface area contributed by atoms with Crippen LogP contribution in [0.1, 0.15) is 38.5 Å². The van der Waals surface area contributed by atoms with Crippen molar-refractivity contribution < 1.29 is 19.1 Å². The van der Waals surface area contributed by atoms with Crippen LogP contribution in [0.5, 0.6) is 0 Å². The van der Waals surface area contributed by atoms with Gasteiger partial charge in [0.2, 0.25) is 0 Å². The molecule has 0 saturated heterocycles. The summed E-state index contributed by atoms with van der Waals surface area (Å²) in [6.45, 7) is 0.190. The lowest BCUT2D eigenvalue weighted by Crippen LogP contribution is -2.14. The van der Waals surface area contributed by atoms with E-state index in [0.29, 0.717) is 25.7 Å². The standard InChI is InChI=1S/C12H22O4S4/c13-9(3-1-5-11(17)18)15-7-8-16-10(14)4-2-6-12(19)20/h11-12,17-20H,1-8H2. The van der Waals surface area contributed by atoms with Crippen LogP contribution in [-0.4, -0.2) is 34.3 Å². The molecule has 0 aliphatic rings. The lowest BCUT2D eigenvalue weighted by Gasteiger charge is -2.07. The van der Waals surface area contributed by atoms with Crippen LogP contribution in [0.15, 0.2) is 0 Å². The zero-order valence-corrected chi connectivity index (χ0v) is 14.8. The fourth-order valence-electron chi connectivity index (χ4n) is 1.31. The van der Waals surface area contributed by atoms with Crippen LogP contribution in [0.25, 0.3) is 0 Å². The van der Waals surface area contributed by atoms with Crippen LogP contribution in [0, 0.1) is 0 Å². The highest BCUT2D eigenvalue weighted by Gasteiger charge is 2.07. The number of carbonyl (C=O) groups is 2. The van der Waals surface area contributed by atoms with Gasteiger partial charge in [0, 0.05) is 22.0 Å². The second kappa shape index (κ2) is 13.0. The van der Waals surface area contributed by atoms with Crippen LogP contribution >= 0.6 is 50.5 Å². The predicted molar refractivity (Wildman–Crippen MR) is 93.1 cm³/mol. The summed E-state index contributed by atoms with van der Waals surface area (Å²) >= 11 is 16.4. The number of esters is 2. The minimum Gasteiger partial charge on any atom is -0.462 e. The van der Waals surface area contributed by atoms with Crippen molar-refractivity contribution in [3.05, 3.63) is 0 Å². The summed E-state index contributed by atoms with van der Waals surface area (Å²) < 4.78 is 9.82. The normalized spacial score (nSPS) is 10.9. The van der Waals surface area contributed by atoms with Crippen molar-refractivity contribution in [3.63, 3.8) is 0 Å². The topological polar surface area (TPSA) is 52.6 Å². The third-order valence-corrected chi connectivity index (χ3v) is 3.33. The zero-order valence-electron chi connectivity index (χ0n) is 11.2. The van der Waals surface area contributed by atoms with Gasteiger partial charge in [-0.15, -0.1) is 0 Å². The molecule has 0 atom stereocenters. The molecule has 118 valence electrons. The maximum atomic E-state index is 11.3. The molecule has 0 unspecified atom stereocenters. The van der Waals surface area contributed by atoms with Crippen molar-refractivity contribution in [2.45, 2.75) is 47.7 Å². The van der Waals surface area contributed by atoms with Gasteiger partial charge >= 0.3 is 11.9 Å². The number of ether oxygens (including phenoxy) is 2. The average molecular weight is 359 g/mol. The van der Waals surface area contributed by atoms with Gasteiger partial charge in [-0.2, -0.15) is 50.5 Å². The first-order chi connectivity index (χ1) is 9.41. The van der Waals surface area contributed by atoms with E-state index in [2.05, 4.69) is 50.5 Å². The molecular formula is C12H22O4S4. The van der Waals surface area contributed by atoms with Gasteiger partial charge in [-0.05, 0) is 25.7 Å². The van der Waals surface area contributed by atoms with Crippen LogP contribution in [-0.2, 0) is 19.1 Å². The van der Waals surface area contributed by atoms with Crippen molar-refractivity contribution in [1.82, 2.24) is 0 Å². The Labute approximate surface area is 142 Å². The van der Waals surface area contributed by atoms with Crippen molar-refractivity contribution in [3.8, 4) is 0 Å². The maximum absolute atomic E-state index is 11.3. The third kappa shape index (κ3) is 14.7. The van der Waals surface area contributed by atoms with Crippen LogP contribution in [0.4, 0.5) is 0 Å². The number of hydrogen-bond acceptors (Lipinski definition) is 8. The molecule has 4 nitrogen and oxygen atoms in total. The highest BCUT2D eigenvalue weighted by molar-refractivity contribution is 7.99. The molecule has 0 spiro atoms. The van der Waals surface area contributed by atoms with E-state index in [-0.39, 0.29) is 34.3 Å². The molecule has 0 rings (SSSR count). The van der Waals surface area contributed by atoms with Gasteiger partial charge in [0.1, 0.15) is 13.2 Å². The lowest BCUT2D eigenvalue weighted by molar-refractivity contribution is -0.152. The van der Waals surface area contributed by atoms with Gasteiger partial charge in [-0.25, -0.2) is 0 Å². The molecule has 0 fully saturated rings. The highest BCUT2D eigenvalue weighted by Crippen LogP contribution is 2.11. The summed E-state index contributed by atoms with van der Waals surface area (Å²) in [5, 5.41) is 0. The smallest absolute Gasteiger partial charge is 0.305 e. The van der Waals surface area contributed by atoms with E-state index < -0.39 is 0 Å². The first-order valence-electron chi connectivity index (χ1n) is 6.45. The molecule has 0 saturated carbocycles. The van der Waals surface area contributed by atoms with E-state index in [0.717, 1.165) is 12.8 Å². The van der Waals surface area contributed by atoms with Gasteiger partial charge in [-0.3, -0.25) is 9.59 Å². The highest BCUT2D eigenvalue weighted by atomic mass is 32.2. The largest absolute Gasteiger partial charge is 0.462 e. The molecular weight excluding hydrogens is 336 g/mol. The minimum atomic E-state index is -0.295. The lowest BCUT2D eigenvalue weighted by atomic mass is 10.2. The van der Waals surface area contributed by atoms with Gasteiger partial charge < -0.3 is 9.47 Å². The Morgan fingerprint density at radius 2 is 1.10 bits per heavy atom. The van der Waals surface area contributed by atoms with E-state index in [4.69, 9.17) is 9.47 Å². The van der Waals surface area contributed by atoms with E-state index in [1.165, 1.54) is 0 Å². The minimum absolute atomic E-state index is 0.0159. The second-order valence-corrected chi connectivity index (χ2v) is 7.49. The molecule has 0 aliphatic carbocycles. The van der Waals surface area contributed by atoms with Crippen LogP contribution < -0.4 is 0 Å². The Balaban J connectivity index is 3.41. The summed E-state index contributed by atoms with van der Waals surface area (Å²) in [6.07, 6.45) is 3.52. The summed E-state index contributed by atoms with van der Waals surface area (Å²) in [4.78, 5) is 22.6. The molecule has 0 aromatic rings. The van der Waals surface area contributed by atoms with Crippen LogP contribution in [0.2, 0.25) is 0 Å². The molecule has 20 heavy (non-hydrogen) atoms. The second-order valence-electron chi connectivity index (χ2n) is 4.19. The molecule has 0 aromatic carbocycles. The fraction of sp³-hybridized carbons (Fsp3) is 0.833. The number of hydrogen-bond donors (Lipinski definition) is 4. The predicted octanol–water partition coefficient (Wildman–Crippen LogP) is 2.78. The molecule has 0 amide bonds.